The molecule has 0 aliphatic carbocycles. The minimum Gasteiger partial charge on any atom is -0.255 e. The van der Waals surface area contributed by atoms with Crippen LogP contribution < -0.4 is 0 Å². The molecular formula is C8H3F5O. The molecule has 0 saturated carbocycles. The van der Waals surface area contributed by atoms with E-state index in [1.54, 1.807) is 0 Å². The molecule has 14 heavy (non-hydrogen) atoms. The maximum Gasteiger partial charge on any atom is 0.419 e. The van der Waals surface area contributed by atoms with Gasteiger partial charge in [-0.15, -0.1) is 0 Å². The Hall–Kier alpha value is -1.46. The highest BCUT2D eigenvalue weighted by atomic mass is 19.4. The van der Waals surface area contributed by atoms with Gasteiger partial charge in [-0.3, -0.25) is 4.79 Å². The molecule has 0 fully saturated rings. The number of carbonyl (C=O) groups excluding carboxylic acids is 1. The van der Waals surface area contributed by atoms with Crippen molar-refractivity contribution < 1.29 is 26.7 Å². The Morgan fingerprint density at radius 1 is 1.21 bits per heavy atom. The van der Waals surface area contributed by atoms with Crippen LogP contribution in [0, 0.1) is 5.82 Å². The summed E-state index contributed by atoms with van der Waals surface area (Å²) in [5, 5.41) is 0. The highest BCUT2D eigenvalue weighted by Crippen LogP contribution is 2.31. The fraction of sp³-hybridized carbons (Fsp3) is 0.125. The number of alkyl halides is 3. The molecule has 0 saturated heterocycles. The molecule has 1 rings (SSSR count). The van der Waals surface area contributed by atoms with Crippen LogP contribution in [0.15, 0.2) is 18.2 Å². The predicted octanol–water partition coefficient (Wildman–Crippen LogP) is 2.95. The van der Waals surface area contributed by atoms with Gasteiger partial charge < -0.3 is 0 Å². The van der Waals surface area contributed by atoms with Gasteiger partial charge in [-0.1, -0.05) is 0 Å². The molecule has 0 radical (unpaired) electrons. The molecular weight excluding hydrogens is 207 g/mol. The summed E-state index contributed by atoms with van der Waals surface area (Å²) in [7, 11) is 0. The lowest BCUT2D eigenvalue weighted by Gasteiger charge is -2.07. The largest absolute Gasteiger partial charge is 0.419 e. The number of hydrogen-bond acceptors (Lipinski definition) is 1. The number of hydrogen-bond donors (Lipinski definition) is 0. The van der Waals surface area contributed by atoms with Crippen LogP contribution in [0.5, 0.6) is 0 Å². The van der Waals surface area contributed by atoms with Crippen LogP contribution in [0.25, 0.3) is 0 Å². The fourth-order valence-electron chi connectivity index (χ4n) is 0.867. The van der Waals surface area contributed by atoms with Gasteiger partial charge in [0.1, 0.15) is 5.82 Å². The second-order valence-corrected chi connectivity index (χ2v) is 2.47. The van der Waals surface area contributed by atoms with E-state index >= 15 is 0 Å². The zero-order valence-corrected chi connectivity index (χ0v) is 6.53. The standard InChI is InChI=1S/C8H3F5O/c9-6-3-4(7(10)14)1-2-5(6)8(11,12)13/h1-3H. The minimum atomic E-state index is -4.85. The van der Waals surface area contributed by atoms with E-state index in [0.29, 0.717) is 12.1 Å². The number of halogens is 5. The van der Waals surface area contributed by atoms with Crippen molar-refractivity contribution in [1.82, 2.24) is 0 Å². The summed E-state index contributed by atoms with van der Waals surface area (Å²) in [4.78, 5) is 10.0. The monoisotopic (exact) mass is 210 g/mol. The molecule has 0 amide bonds. The average molecular weight is 210 g/mol. The maximum absolute atomic E-state index is 12.7. The highest BCUT2D eigenvalue weighted by molar-refractivity contribution is 5.88. The quantitative estimate of drug-likeness (QED) is 0.514. The molecule has 1 aromatic carbocycles. The van der Waals surface area contributed by atoms with Crippen molar-refractivity contribution in [2.45, 2.75) is 6.18 Å². The molecule has 1 nitrogen and oxygen atoms in total. The minimum absolute atomic E-state index is 0.213. The van der Waals surface area contributed by atoms with Crippen molar-refractivity contribution in [3.63, 3.8) is 0 Å². The molecule has 0 aliphatic rings. The third-order valence-corrected chi connectivity index (χ3v) is 1.50. The Morgan fingerprint density at radius 3 is 2.14 bits per heavy atom. The lowest BCUT2D eigenvalue weighted by Crippen LogP contribution is -2.08. The van der Waals surface area contributed by atoms with Gasteiger partial charge in [0.25, 0.3) is 0 Å². The van der Waals surface area contributed by atoms with E-state index in [1.807, 2.05) is 0 Å². The first-order valence-corrected chi connectivity index (χ1v) is 3.39. The van der Waals surface area contributed by atoms with Crippen molar-refractivity contribution in [2.75, 3.05) is 0 Å². The normalized spacial score (nSPS) is 11.5. The molecule has 0 atom stereocenters. The Kier molecular flexibility index (Phi) is 2.55. The van der Waals surface area contributed by atoms with Gasteiger partial charge in [-0.05, 0) is 18.2 Å². The van der Waals surface area contributed by atoms with Gasteiger partial charge in [-0.25, -0.2) is 4.39 Å². The van der Waals surface area contributed by atoms with Crippen LogP contribution in [0.1, 0.15) is 15.9 Å². The molecule has 0 aliphatic heterocycles. The van der Waals surface area contributed by atoms with E-state index in [4.69, 9.17) is 0 Å². The molecule has 0 aromatic heterocycles. The summed E-state index contributed by atoms with van der Waals surface area (Å²) >= 11 is 0. The lowest BCUT2D eigenvalue weighted by atomic mass is 10.1. The predicted molar refractivity (Wildman–Crippen MR) is 36.8 cm³/mol. The van der Waals surface area contributed by atoms with E-state index in [2.05, 4.69) is 0 Å². The summed E-state index contributed by atoms with van der Waals surface area (Å²) in [6, 6.07) is -0.862. The number of rotatable bonds is 1. The van der Waals surface area contributed by atoms with Crippen molar-refractivity contribution in [3.05, 3.63) is 35.1 Å². The third-order valence-electron chi connectivity index (χ3n) is 1.50. The summed E-state index contributed by atoms with van der Waals surface area (Å²) in [6.45, 7) is 0. The van der Waals surface area contributed by atoms with Gasteiger partial charge in [0.05, 0.1) is 11.1 Å². The number of benzene rings is 1. The Balaban J connectivity index is 3.21. The van der Waals surface area contributed by atoms with Crippen LogP contribution in [0.3, 0.4) is 0 Å². The first-order chi connectivity index (χ1) is 6.32. The third kappa shape index (κ3) is 2.07. The molecule has 76 valence electrons. The molecule has 0 bridgehead atoms. The summed E-state index contributed by atoms with van der Waals surface area (Å²) in [5.41, 5.74) is -2.27. The summed E-state index contributed by atoms with van der Waals surface area (Å²) in [5.74, 6) is -1.67. The van der Waals surface area contributed by atoms with Crippen molar-refractivity contribution in [1.29, 1.82) is 0 Å². The summed E-state index contributed by atoms with van der Waals surface area (Å²) in [6.07, 6.45) is -4.85. The summed E-state index contributed by atoms with van der Waals surface area (Å²) < 4.78 is 60.5. The smallest absolute Gasteiger partial charge is 0.255 e. The molecule has 6 heteroatoms. The number of carbonyl (C=O) groups is 1. The SMILES string of the molecule is O=C(F)c1ccc(C(F)(F)F)c(F)c1. The Labute approximate surface area is 75.2 Å². The van der Waals surface area contributed by atoms with Crippen LogP contribution in [0.2, 0.25) is 0 Å². The van der Waals surface area contributed by atoms with E-state index in [9.17, 15) is 26.7 Å². The van der Waals surface area contributed by atoms with Crippen molar-refractivity contribution >= 4 is 6.04 Å². The highest BCUT2D eigenvalue weighted by Gasteiger charge is 2.34. The molecule has 1 aromatic rings. The molecule has 0 N–H and O–H groups in total. The molecule has 0 heterocycles. The second kappa shape index (κ2) is 3.36. The molecule has 0 spiro atoms. The zero-order valence-electron chi connectivity index (χ0n) is 6.53. The Morgan fingerprint density at radius 2 is 1.79 bits per heavy atom. The van der Waals surface area contributed by atoms with Crippen LogP contribution in [-0.2, 0) is 6.18 Å². The van der Waals surface area contributed by atoms with Crippen molar-refractivity contribution in [2.24, 2.45) is 0 Å². The molecule has 0 unspecified atom stereocenters. The van der Waals surface area contributed by atoms with Gasteiger partial charge in [0, 0.05) is 0 Å². The fourth-order valence-corrected chi connectivity index (χ4v) is 0.867. The van der Waals surface area contributed by atoms with Crippen molar-refractivity contribution in [3.8, 4) is 0 Å². The van der Waals surface area contributed by atoms with E-state index in [0.717, 1.165) is 0 Å². The lowest BCUT2D eigenvalue weighted by molar-refractivity contribution is -0.140. The van der Waals surface area contributed by atoms with Gasteiger partial charge in [0.15, 0.2) is 0 Å². The van der Waals surface area contributed by atoms with Crippen LogP contribution >= 0.6 is 0 Å². The van der Waals surface area contributed by atoms with E-state index < -0.39 is 29.2 Å². The topological polar surface area (TPSA) is 17.1 Å². The van der Waals surface area contributed by atoms with Gasteiger partial charge >= 0.3 is 12.2 Å². The second-order valence-electron chi connectivity index (χ2n) is 2.47. The van der Waals surface area contributed by atoms with Crippen LogP contribution in [-0.4, -0.2) is 6.04 Å². The van der Waals surface area contributed by atoms with Gasteiger partial charge in [-0.2, -0.15) is 17.6 Å². The first-order valence-electron chi connectivity index (χ1n) is 3.39. The van der Waals surface area contributed by atoms with E-state index in [1.165, 1.54) is 0 Å². The van der Waals surface area contributed by atoms with E-state index in [-0.39, 0.29) is 6.07 Å². The van der Waals surface area contributed by atoms with Crippen LogP contribution in [0.4, 0.5) is 22.0 Å². The average Bonchev–Trinajstić information content (AvgIpc) is 2.01. The van der Waals surface area contributed by atoms with Gasteiger partial charge in [0.2, 0.25) is 0 Å². The maximum atomic E-state index is 12.7. The Bertz CT molecular complexity index is 368. The zero-order chi connectivity index (χ0) is 10.9. The first kappa shape index (κ1) is 10.6.